The predicted octanol–water partition coefficient (Wildman–Crippen LogP) is 3.53. The van der Waals surface area contributed by atoms with Crippen LogP contribution in [0.2, 0.25) is 0 Å². The van der Waals surface area contributed by atoms with Crippen LogP contribution >= 0.6 is 11.5 Å². The molecule has 1 aromatic carbocycles. The second-order valence-electron chi connectivity index (χ2n) is 8.10. The first kappa shape index (κ1) is 21.1. The molecule has 0 aliphatic carbocycles. The smallest absolute Gasteiger partial charge is 0.353 e. The number of fused-ring (bicyclic) bond motifs is 2. The molecule has 0 N–H and O–H groups in total. The van der Waals surface area contributed by atoms with Crippen LogP contribution in [0.15, 0.2) is 36.5 Å². The molecule has 0 saturated carbocycles. The number of aromatic nitrogens is 2. The molecule has 1 amide bonds. The fourth-order valence-corrected chi connectivity index (χ4v) is 5.13. The number of anilines is 1. The molecule has 4 heterocycles. The fraction of sp³-hybridized carbons (Fsp3) is 0.409. The summed E-state index contributed by atoms with van der Waals surface area (Å²) in [6.45, 7) is 5.21. The zero-order valence-electron chi connectivity index (χ0n) is 17.3. The van der Waals surface area contributed by atoms with Crippen molar-refractivity contribution in [2.75, 3.05) is 50.7 Å². The van der Waals surface area contributed by atoms with E-state index in [4.69, 9.17) is 0 Å². The van der Waals surface area contributed by atoms with Crippen LogP contribution in [-0.2, 0) is 12.6 Å². The lowest BCUT2D eigenvalue weighted by molar-refractivity contribution is -0.141. The van der Waals surface area contributed by atoms with E-state index in [0.29, 0.717) is 25.1 Å². The minimum atomic E-state index is -4.50. The van der Waals surface area contributed by atoms with Gasteiger partial charge in [-0.05, 0) is 41.7 Å². The summed E-state index contributed by atoms with van der Waals surface area (Å²) < 4.78 is 44.5. The third-order valence-electron chi connectivity index (χ3n) is 6.17. The minimum Gasteiger partial charge on any atom is -0.353 e. The molecule has 0 atom stereocenters. The Morgan fingerprint density at radius 2 is 1.81 bits per heavy atom. The molecular formula is C22H22F3N5OS. The monoisotopic (exact) mass is 461 g/mol. The highest BCUT2D eigenvalue weighted by Crippen LogP contribution is 2.31. The molecule has 0 spiro atoms. The van der Waals surface area contributed by atoms with Gasteiger partial charge in [0.05, 0.1) is 10.3 Å². The lowest BCUT2D eigenvalue weighted by atomic mass is 10.00. The number of benzene rings is 1. The van der Waals surface area contributed by atoms with Crippen molar-refractivity contribution >= 4 is 33.3 Å². The van der Waals surface area contributed by atoms with Crippen LogP contribution in [0, 0.1) is 0 Å². The Morgan fingerprint density at radius 3 is 2.59 bits per heavy atom. The van der Waals surface area contributed by atoms with Crippen LogP contribution in [0.5, 0.6) is 0 Å². The molecule has 2 aromatic heterocycles. The van der Waals surface area contributed by atoms with Crippen molar-refractivity contribution in [1.29, 1.82) is 0 Å². The highest BCUT2D eigenvalue weighted by Gasteiger charge is 2.35. The van der Waals surface area contributed by atoms with Crippen molar-refractivity contribution in [1.82, 2.24) is 19.2 Å². The summed E-state index contributed by atoms with van der Waals surface area (Å²) in [6.07, 6.45) is -3.01. The number of rotatable bonds is 4. The maximum absolute atomic E-state index is 12.9. The van der Waals surface area contributed by atoms with E-state index in [-0.39, 0.29) is 11.5 Å². The molecule has 3 aromatic rings. The number of halogens is 3. The van der Waals surface area contributed by atoms with Gasteiger partial charge >= 0.3 is 6.18 Å². The number of hydrogen-bond donors (Lipinski definition) is 0. The second kappa shape index (κ2) is 8.32. The van der Waals surface area contributed by atoms with Gasteiger partial charge in [0.25, 0.3) is 5.91 Å². The normalized spacial score (nSPS) is 17.8. The summed E-state index contributed by atoms with van der Waals surface area (Å²) in [5, 5.41) is 1.19. The summed E-state index contributed by atoms with van der Waals surface area (Å²) in [5.41, 5.74) is -0.231. The average molecular weight is 462 g/mol. The molecular weight excluding hydrogens is 439 g/mol. The molecule has 10 heteroatoms. The number of hydrogen-bond acceptors (Lipinski definition) is 6. The summed E-state index contributed by atoms with van der Waals surface area (Å²) >= 11 is 1.52. The first-order valence-corrected chi connectivity index (χ1v) is 11.3. The van der Waals surface area contributed by atoms with E-state index >= 15 is 0 Å². The predicted molar refractivity (Wildman–Crippen MR) is 117 cm³/mol. The largest absolute Gasteiger partial charge is 0.433 e. The van der Waals surface area contributed by atoms with Crippen LogP contribution in [-0.4, -0.2) is 70.9 Å². The van der Waals surface area contributed by atoms with Gasteiger partial charge in [0.15, 0.2) is 0 Å². The third-order valence-corrected chi connectivity index (χ3v) is 6.98. The van der Waals surface area contributed by atoms with E-state index in [1.165, 1.54) is 21.6 Å². The first-order valence-electron chi connectivity index (χ1n) is 10.6. The maximum atomic E-state index is 12.9. The molecule has 2 aliphatic heterocycles. The maximum Gasteiger partial charge on any atom is 0.433 e. The number of amides is 1. The number of pyridine rings is 1. The Balaban J connectivity index is 1.16. The van der Waals surface area contributed by atoms with Gasteiger partial charge in [-0.2, -0.15) is 17.5 Å². The highest BCUT2D eigenvalue weighted by atomic mass is 32.1. The molecule has 1 fully saturated rings. The Labute approximate surface area is 187 Å². The minimum absolute atomic E-state index is 0.236. The van der Waals surface area contributed by atoms with E-state index in [1.807, 2.05) is 12.1 Å². The molecule has 32 heavy (non-hydrogen) atoms. The van der Waals surface area contributed by atoms with Gasteiger partial charge in [-0.3, -0.25) is 14.7 Å². The number of carbonyl (C=O) groups is 1. The summed E-state index contributed by atoms with van der Waals surface area (Å²) in [7, 11) is 0. The zero-order valence-corrected chi connectivity index (χ0v) is 18.1. The molecule has 5 rings (SSSR count). The van der Waals surface area contributed by atoms with Gasteiger partial charge in [0, 0.05) is 57.4 Å². The molecule has 1 saturated heterocycles. The fourth-order valence-electron chi connectivity index (χ4n) is 4.34. The van der Waals surface area contributed by atoms with Crippen LogP contribution in [0.3, 0.4) is 0 Å². The van der Waals surface area contributed by atoms with Gasteiger partial charge in [-0.1, -0.05) is 12.1 Å². The quantitative estimate of drug-likeness (QED) is 0.595. The van der Waals surface area contributed by atoms with Gasteiger partial charge in [0.2, 0.25) is 0 Å². The van der Waals surface area contributed by atoms with Gasteiger partial charge in [0.1, 0.15) is 11.5 Å². The van der Waals surface area contributed by atoms with Crippen LogP contribution in [0.1, 0.15) is 21.6 Å². The Morgan fingerprint density at radius 1 is 1.03 bits per heavy atom. The molecule has 0 radical (unpaired) electrons. The summed E-state index contributed by atoms with van der Waals surface area (Å²) in [6, 6.07) is 9.25. The Bertz CT molecular complexity index is 1140. The van der Waals surface area contributed by atoms with Crippen LogP contribution in [0.4, 0.5) is 19.0 Å². The molecule has 6 nitrogen and oxygen atoms in total. The zero-order chi connectivity index (χ0) is 22.3. The van der Waals surface area contributed by atoms with Crippen molar-refractivity contribution < 1.29 is 18.0 Å². The topological polar surface area (TPSA) is 52.6 Å². The highest BCUT2D eigenvalue weighted by molar-refractivity contribution is 7.13. The van der Waals surface area contributed by atoms with E-state index in [9.17, 15) is 18.0 Å². The van der Waals surface area contributed by atoms with E-state index in [2.05, 4.69) is 31.3 Å². The molecule has 0 unspecified atom stereocenters. The van der Waals surface area contributed by atoms with E-state index in [1.54, 1.807) is 4.90 Å². The number of piperazine rings is 1. The van der Waals surface area contributed by atoms with Gasteiger partial charge in [-0.15, -0.1) is 0 Å². The van der Waals surface area contributed by atoms with E-state index in [0.717, 1.165) is 50.8 Å². The Hall–Kier alpha value is -2.72. The second-order valence-corrected chi connectivity index (χ2v) is 8.90. The van der Waals surface area contributed by atoms with Gasteiger partial charge < -0.3 is 9.80 Å². The van der Waals surface area contributed by atoms with E-state index < -0.39 is 11.9 Å². The lowest BCUT2D eigenvalue weighted by Gasteiger charge is -2.36. The molecule has 0 bridgehead atoms. The number of nitrogens with zero attached hydrogens (tertiary/aromatic N) is 5. The SMILES string of the molecule is O=C1c2cnc(C(F)(F)F)cc2CCN1CCN1CCN(c2nsc3ccccc23)CC1. The lowest BCUT2D eigenvalue weighted by Crippen LogP contribution is -2.50. The van der Waals surface area contributed by atoms with Crippen molar-refractivity contribution in [3.8, 4) is 0 Å². The standard InChI is InChI=1S/C22H22F3N5OS/c23-22(24,25)19-13-15-5-6-30(21(31)17(15)14-26-19)12-9-28-7-10-29(11-8-28)20-16-3-1-2-4-18(16)32-27-20/h1-4,13-14H,5-12H2. The average Bonchev–Trinajstić information content (AvgIpc) is 3.22. The van der Waals surface area contributed by atoms with Crippen molar-refractivity contribution in [2.45, 2.75) is 12.6 Å². The number of alkyl halides is 3. The van der Waals surface area contributed by atoms with Crippen molar-refractivity contribution in [3.63, 3.8) is 0 Å². The van der Waals surface area contributed by atoms with Crippen molar-refractivity contribution in [2.24, 2.45) is 0 Å². The Kier molecular flexibility index (Phi) is 5.50. The third kappa shape index (κ3) is 4.04. The van der Waals surface area contributed by atoms with Gasteiger partial charge in [-0.25, -0.2) is 0 Å². The van der Waals surface area contributed by atoms with Crippen molar-refractivity contribution in [3.05, 3.63) is 53.3 Å². The molecule has 2 aliphatic rings. The van der Waals surface area contributed by atoms with Crippen LogP contribution < -0.4 is 4.90 Å². The van der Waals surface area contributed by atoms with Crippen LogP contribution in [0.25, 0.3) is 10.1 Å². The summed E-state index contributed by atoms with van der Waals surface area (Å²) in [4.78, 5) is 22.6. The first-order chi connectivity index (χ1) is 15.4. The number of carbonyl (C=O) groups excluding carboxylic acids is 1. The molecule has 168 valence electrons. The summed E-state index contributed by atoms with van der Waals surface area (Å²) in [5.74, 6) is 0.804.